The maximum Gasteiger partial charge on any atom is 0.274 e. The van der Waals surface area contributed by atoms with E-state index in [1.165, 1.54) is 6.92 Å². The normalized spacial score (nSPS) is 10.3. The molecule has 0 saturated carbocycles. The molecule has 1 amide bonds. The fraction of sp³-hybridized carbons (Fsp3) is 0.333. The van der Waals surface area contributed by atoms with Crippen molar-refractivity contribution in [2.75, 3.05) is 23.8 Å². The molecule has 0 saturated heterocycles. The number of hydrogen-bond donors (Lipinski definition) is 1. The monoisotopic (exact) mass is 326 g/mol. The van der Waals surface area contributed by atoms with E-state index in [2.05, 4.69) is 22.2 Å². The molecule has 0 bridgehead atoms. The summed E-state index contributed by atoms with van der Waals surface area (Å²) in [5, 5.41) is 2.76. The van der Waals surface area contributed by atoms with E-state index in [4.69, 9.17) is 0 Å². The first-order chi connectivity index (χ1) is 11.5. The van der Waals surface area contributed by atoms with Gasteiger partial charge in [-0.3, -0.25) is 9.59 Å². The van der Waals surface area contributed by atoms with Gasteiger partial charge in [0.05, 0.1) is 0 Å². The van der Waals surface area contributed by atoms with E-state index in [0.717, 1.165) is 19.4 Å². The highest BCUT2D eigenvalue weighted by atomic mass is 16.2. The average Bonchev–Trinajstić information content (AvgIpc) is 2.60. The van der Waals surface area contributed by atoms with Crippen LogP contribution in [0.25, 0.3) is 0 Å². The molecule has 126 valence electrons. The minimum absolute atomic E-state index is 0.0482. The van der Waals surface area contributed by atoms with E-state index in [9.17, 15) is 9.59 Å². The second-order valence-corrected chi connectivity index (χ2v) is 5.61. The van der Waals surface area contributed by atoms with Crippen LogP contribution in [0.4, 0.5) is 11.6 Å². The number of aromatic nitrogens is 2. The lowest BCUT2D eigenvalue weighted by Crippen LogP contribution is -2.23. The van der Waals surface area contributed by atoms with E-state index in [1.54, 1.807) is 36.5 Å². The summed E-state index contributed by atoms with van der Waals surface area (Å²) in [6.07, 6.45) is 3.69. The van der Waals surface area contributed by atoms with Crippen LogP contribution < -0.4 is 10.2 Å². The molecule has 1 heterocycles. The van der Waals surface area contributed by atoms with Crippen LogP contribution in [0, 0.1) is 0 Å². The van der Waals surface area contributed by atoms with E-state index in [-0.39, 0.29) is 17.4 Å². The second-order valence-electron chi connectivity index (χ2n) is 5.61. The van der Waals surface area contributed by atoms with Gasteiger partial charge in [-0.15, -0.1) is 0 Å². The van der Waals surface area contributed by atoms with Crippen molar-refractivity contribution in [1.29, 1.82) is 0 Å². The van der Waals surface area contributed by atoms with Gasteiger partial charge in [-0.2, -0.15) is 0 Å². The fourth-order valence-electron chi connectivity index (χ4n) is 2.17. The molecule has 6 heteroatoms. The van der Waals surface area contributed by atoms with Crippen LogP contribution in [0.3, 0.4) is 0 Å². The van der Waals surface area contributed by atoms with Crippen molar-refractivity contribution in [3.05, 3.63) is 47.8 Å². The Labute approximate surface area is 141 Å². The largest absolute Gasteiger partial charge is 0.344 e. The Morgan fingerprint density at radius 2 is 2.04 bits per heavy atom. The first-order valence-corrected chi connectivity index (χ1v) is 7.97. The highest BCUT2D eigenvalue weighted by molar-refractivity contribution is 6.04. The molecule has 1 N–H and O–H groups in total. The zero-order chi connectivity index (χ0) is 17.5. The first kappa shape index (κ1) is 17.6. The van der Waals surface area contributed by atoms with E-state index < -0.39 is 0 Å². The number of hydrogen-bond acceptors (Lipinski definition) is 5. The smallest absolute Gasteiger partial charge is 0.274 e. The number of rotatable bonds is 7. The van der Waals surface area contributed by atoms with Gasteiger partial charge in [0.15, 0.2) is 5.78 Å². The van der Waals surface area contributed by atoms with E-state index in [1.807, 2.05) is 11.9 Å². The van der Waals surface area contributed by atoms with Crippen LogP contribution in [-0.2, 0) is 0 Å². The average molecular weight is 326 g/mol. The van der Waals surface area contributed by atoms with Crippen LogP contribution in [0.1, 0.15) is 47.5 Å². The Hall–Kier alpha value is -2.76. The number of ketones is 1. The Morgan fingerprint density at radius 1 is 1.25 bits per heavy atom. The predicted molar refractivity (Wildman–Crippen MR) is 94.6 cm³/mol. The summed E-state index contributed by atoms with van der Waals surface area (Å²) in [6, 6.07) is 8.40. The van der Waals surface area contributed by atoms with Crippen molar-refractivity contribution in [1.82, 2.24) is 9.97 Å². The van der Waals surface area contributed by atoms with Crippen molar-refractivity contribution in [3.8, 4) is 0 Å². The topological polar surface area (TPSA) is 75.2 Å². The van der Waals surface area contributed by atoms with Gasteiger partial charge in [0, 0.05) is 31.0 Å². The molecule has 0 aliphatic carbocycles. The Kier molecular flexibility index (Phi) is 6.01. The van der Waals surface area contributed by atoms with Gasteiger partial charge in [-0.25, -0.2) is 9.97 Å². The van der Waals surface area contributed by atoms with Crippen LogP contribution in [-0.4, -0.2) is 35.3 Å². The highest BCUT2D eigenvalue weighted by Crippen LogP contribution is 2.13. The summed E-state index contributed by atoms with van der Waals surface area (Å²) < 4.78 is 0. The number of nitrogens with zero attached hydrogens (tertiary/aromatic N) is 3. The Bertz CT molecular complexity index is 730. The summed E-state index contributed by atoms with van der Waals surface area (Å²) in [5.74, 6) is 0.143. The quantitative estimate of drug-likeness (QED) is 0.791. The summed E-state index contributed by atoms with van der Waals surface area (Å²) >= 11 is 0. The molecule has 1 aromatic carbocycles. The lowest BCUT2D eigenvalue weighted by molar-refractivity contribution is 0.100. The molecule has 0 spiro atoms. The summed E-state index contributed by atoms with van der Waals surface area (Å²) in [5.41, 5.74) is 1.40. The molecule has 6 nitrogen and oxygen atoms in total. The van der Waals surface area contributed by atoms with Crippen LogP contribution in [0.15, 0.2) is 36.5 Å². The zero-order valence-corrected chi connectivity index (χ0v) is 14.2. The number of benzene rings is 1. The highest BCUT2D eigenvalue weighted by Gasteiger charge is 2.12. The maximum atomic E-state index is 12.4. The van der Waals surface area contributed by atoms with E-state index >= 15 is 0 Å². The molecule has 2 rings (SSSR count). The lowest BCUT2D eigenvalue weighted by atomic mass is 10.1. The third-order valence-corrected chi connectivity index (χ3v) is 3.59. The number of anilines is 2. The minimum atomic E-state index is -0.330. The standard InChI is InChI=1S/C18H22N4O2/c1-4-5-11-22(3)18-19-10-9-16(21-18)17(24)20-15-8-6-7-14(12-15)13(2)23/h6-10,12H,4-5,11H2,1-3H3,(H,20,24). The Balaban J connectivity index is 2.12. The molecular formula is C18H22N4O2. The molecular weight excluding hydrogens is 304 g/mol. The fourth-order valence-corrected chi connectivity index (χ4v) is 2.17. The number of Topliss-reactive ketones (excluding diaryl/α,β-unsaturated/α-hetero) is 1. The summed E-state index contributed by atoms with van der Waals surface area (Å²) in [7, 11) is 1.91. The van der Waals surface area contributed by atoms with Crippen molar-refractivity contribution >= 4 is 23.3 Å². The van der Waals surface area contributed by atoms with Gasteiger partial charge in [0.25, 0.3) is 5.91 Å². The predicted octanol–water partition coefficient (Wildman–Crippen LogP) is 3.17. The first-order valence-electron chi connectivity index (χ1n) is 7.97. The van der Waals surface area contributed by atoms with Crippen LogP contribution in [0.2, 0.25) is 0 Å². The van der Waals surface area contributed by atoms with Crippen molar-refractivity contribution in [2.45, 2.75) is 26.7 Å². The number of carbonyl (C=O) groups excluding carboxylic acids is 2. The summed E-state index contributed by atoms with van der Waals surface area (Å²) in [6.45, 7) is 4.44. The third-order valence-electron chi connectivity index (χ3n) is 3.59. The van der Waals surface area contributed by atoms with Gasteiger partial charge in [0.1, 0.15) is 5.69 Å². The van der Waals surface area contributed by atoms with Gasteiger partial charge in [-0.05, 0) is 31.5 Å². The van der Waals surface area contributed by atoms with Crippen LogP contribution in [0.5, 0.6) is 0 Å². The molecule has 0 aliphatic heterocycles. The van der Waals surface area contributed by atoms with Gasteiger partial charge < -0.3 is 10.2 Å². The molecule has 0 fully saturated rings. The van der Waals surface area contributed by atoms with Gasteiger partial charge >= 0.3 is 0 Å². The maximum absolute atomic E-state index is 12.4. The van der Waals surface area contributed by atoms with Gasteiger partial charge in [0.2, 0.25) is 5.95 Å². The van der Waals surface area contributed by atoms with Crippen molar-refractivity contribution < 1.29 is 9.59 Å². The number of carbonyl (C=O) groups is 2. The van der Waals surface area contributed by atoms with Crippen molar-refractivity contribution in [2.24, 2.45) is 0 Å². The number of amides is 1. The second kappa shape index (κ2) is 8.19. The molecule has 0 aliphatic rings. The Morgan fingerprint density at radius 3 is 2.75 bits per heavy atom. The van der Waals surface area contributed by atoms with Crippen LogP contribution >= 0.6 is 0 Å². The van der Waals surface area contributed by atoms with Crippen molar-refractivity contribution in [3.63, 3.8) is 0 Å². The molecule has 2 aromatic rings. The van der Waals surface area contributed by atoms with Gasteiger partial charge in [-0.1, -0.05) is 25.5 Å². The number of nitrogens with one attached hydrogen (secondary N) is 1. The summed E-state index contributed by atoms with van der Waals surface area (Å²) in [4.78, 5) is 34.3. The lowest BCUT2D eigenvalue weighted by Gasteiger charge is -2.16. The number of unbranched alkanes of at least 4 members (excludes halogenated alkanes) is 1. The minimum Gasteiger partial charge on any atom is -0.344 e. The molecule has 0 radical (unpaired) electrons. The SMILES string of the molecule is CCCCN(C)c1nccc(C(=O)Nc2cccc(C(C)=O)c2)n1. The molecule has 0 unspecified atom stereocenters. The molecule has 24 heavy (non-hydrogen) atoms. The molecule has 0 atom stereocenters. The van der Waals surface area contributed by atoms with E-state index in [0.29, 0.717) is 17.2 Å². The molecule has 1 aromatic heterocycles. The zero-order valence-electron chi connectivity index (χ0n) is 14.2. The third kappa shape index (κ3) is 4.62.